The highest BCUT2D eigenvalue weighted by atomic mass is 16.5. The minimum Gasteiger partial charge on any atom is -0.313 e. The van der Waals surface area contributed by atoms with Gasteiger partial charge in [-0.25, -0.2) is 0 Å². The molecule has 0 spiro atoms. The van der Waals surface area contributed by atoms with Gasteiger partial charge in [-0.05, 0) is 33.6 Å². The molecule has 1 aliphatic heterocycles. The Bertz CT molecular complexity index is 244. The molecule has 0 saturated carbocycles. The van der Waals surface area contributed by atoms with Gasteiger partial charge in [0.15, 0.2) is 0 Å². The molecule has 0 amide bonds. The predicted octanol–water partition coefficient (Wildman–Crippen LogP) is 2.17. The first-order valence-electron chi connectivity index (χ1n) is 4.77. The fourth-order valence-corrected chi connectivity index (χ4v) is 2.23. The normalized spacial score (nSPS) is 38.9. The van der Waals surface area contributed by atoms with Gasteiger partial charge in [0.1, 0.15) is 0 Å². The number of hydroxylamine groups is 2. The third-order valence-corrected chi connectivity index (χ3v) is 3.38. The second kappa shape index (κ2) is 2.97. The molecule has 0 radical (unpaired) electrons. The number of rotatable bonds is 1. The van der Waals surface area contributed by atoms with Gasteiger partial charge in [0.2, 0.25) is 0 Å². The van der Waals surface area contributed by atoms with E-state index < -0.39 is 0 Å². The van der Waals surface area contributed by atoms with Crippen molar-refractivity contribution in [3.8, 4) is 6.07 Å². The van der Waals surface area contributed by atoms with E-state index in [1.807, 2.05) is 27.7 Å². The number of hydrogen-bond donors (Lipinski definition) is 1. The summed E-state index contributed by atoms with van der Waals surface area (Å²) in [4.78, 5) is 0. The summed E-state index contributed by atoms with van der Waals surface area (Å²) >= 11 is 0. The van der Waals surface area contributed by atoms with Crippen LogP contribution in [0.25, 0.3) is 0 Å². The van der Waals surface area contributed by atoms with Gasteiger partial charge in [-0.15, -0.1) is 0 Å². The summed E-state index contributed by atoms with van der Waals surface area (Å²) in [6.07, 6.45) is 1.54. The maximum Gasteiger partial charge on any atom is 0.0685 e. The van der Waals surface area contributed by atoms with Crippen LogP contribution < -0.4 is 0 Å². The van der Waals surface area contributed by atoms with Gasteiger partial charge in [-0.1, -0.05) is 6.92 Å². The fourth-order valence-electron chi connectivity index (χ4n) is 2.23. The van der Waals surface area contributed by atoms with Gasteiger partial charge in [0.05, 0.1) is 17.5 Å². The maximum absolute atomic E-state index is 9.96. The van der Waals surface area contributed by atoms with Crippen molar-refractivity contribution in [1.82, 2.24) is 5.06 Å². The van der Waals surface area contributed by atoms with Gasteiger partial charge >= 0.3 is 0 Å². The monoisotopic (exact) mass is 182 g/mol. The average Bonchev–Trinajstić information content (AvgIpc) is 2.27. The second-order valence-corrected chi connectivity index (χ2v) is 4.72. The van der Waals surface area contributed by atoms with Gasteiger partial charge in [-0.2, -0.15) is 10.3 Å². The van der Waals surface area contributed by atoms with E-state index in [2.05, 4.69) is 6.07 Å². The molecular formula is C10H18N2O. The van der Waals surface area contributed by atoms with Crippen molar-refractivity contribution in [2.75, 3.05) is 0 Å². The van der Waals surface area contributed by atoms with Gasteiger partial charge in [-0.3, -0.25) is 0 Å². The lowest BCUT2D eigenvalue weighted by Crippen LogP contribution is -2.48. The average molecular weight is 182 g/mol. The molecule has 13 heavy (non-hydrogen) atoms. The highest BCUT2D eigenvalue weighted by molar-refractivity contribution is 5.11. The van der Waals surface area contributed by atoms with Crippen LogP contribution in [0, 0.1) is 17.2 Å². The Morgan fingerprint density at radius 2 is 2.08 bits per heavy atom. The predicted molar refractivity (Wildman–Crippen MR) is 50.1 cm³/mol. The molecule has 0 aliphatic carbocycles. The summed E-state index contributed by atoms with van der Waals surface area (Å²) in [5.41, 5.74) is -0.649. The lowest BCUT2D eigenvalue weighted by atomic mass is 9.85. The van der Waals surface area contributed by atoms with E-state index in [1.165, 1.54) is 5.06 Å². The molecule has 3 nitrogen and oxygen atoms in total. The Morgan fingerprint density at radius 1 is 1.54 bits per heavy atom. The molecule has 3 heteroatoms. The van der Waals surface area contributed by atoms with Gasteiger partial charge in [0, 0.05) is 5.54 Å². The number of nitriles is 1. The molecule has 74 valence electrons. The zero-order valence-corrected chi connectivity index (χ0v) is 8.83. The van der Waals surface area contributed by atoms with Crippen molar-refractivity contribution in [2.45, 2.75) is 51.6 Å². The Balaban J connectivity index is 3.02. The Morgan fingerprint density at radius 3 is 2.38 bits per heavy atom. The molecule has 0 aromatic rings. The van der Waals surface area contributed by atoms with Gasteiger partial charge < -0.3 is 5.21 Å². The molecule has 1 saturated heterocycles. The van der Waals surface area contributed by atoms with Crippen LogP contribution in [0.15, 0.2) is 0 Å². The van der Waals surface area contributed by atoms with E-state index in [0.717, 1.165) is 12.8 Å². The fraction of sp³-hybridized carbons (Fsp3) is 0.900. The van der Waals surface area contributed by atoms with E-state index in [4.69, 9.17) is 5.26 Å². The van der Waals surface area contributed by atoms with Crippen LogP contribution in [0.4, 0.5) is 0 Å². The van der Waals surface area contributed by atoms with Crippen molar-refractivity contribution < 1.29 is 5.21 Å². The van der Waals surface area contributed by atoms with Gasteiger partial charge in [0.25, 0.3) is 0 Å². The highest BCUT2D eigenvalue weighted by Gasteiger charge is 2.53. The third kappa shape index (κ3) is 1.34. The lowest BCUT2D eigenvalue weighted by molar-refractivity contribution is -0.201. The summed E-state index contributed by atoms with van der Waals surface area (Å²) in [6.45, 7) is 7.90. The molecule has 1 N–H and O–H groups in total. The summed E-state index contributed by atoms with van der Waals surface area (Å²) in [7, 11) is 0. The number of hydrogen-bond acceptors (Lipinski definition) is 3. The van der Waals surface area contributed by atoms with E-state index in [0.29, 0.717) is 0 Å². The van der Waals surface area contributed by atoms with Crippen LogP contribution in [-0.4, -0.2) is 21.3 Å². The van der Waals surface area contributed by atoms with Crippen LogP contribution in [0.3, 0.4) is 0 Å². The van der Waals surface area contributed by atoms with E-state index in [1.54, 1.807) is 0 Å². The van der Waals surface area contributed by atoms with Crippen molar-refractivity contribution >= 4 is 0 Å². The Kier molecular flexibility index (Phi) is 2.40. The smallest absolute Gasteiger partial charge is 0.0685 e. The highest BCUT2D eigenvalue weighted by Crippen LogP contribution is 2.44. The standard InChI is InChI=1S/C10H18N2O/c1-5-10(4)8(7-11)6-9(2,3)12(10)13/h8,13H,5-6H2,1-4H3. The van der Waals surface area contributed by atoms with E-state index in [9.17, 15) is 5.21 Å². The first kappa shape index (κ1) is 10.5. The van der Waals surface area contributed by atoms with Crippen molar-refractivity contribution in [3.63, 3.8) is 0 Å². The molecule has 0 bridgehead atoms. The summed E-state index contributed by atoms with van der Waals surface area (Å²) in [5.74, 6) is -0.0718. The largest absolute Gasteiger partial charge is 0.313 e. The Hall–Kier alpha value is -0.590. The van der Waals surface area contributed by atoms with Crippen LogP contribution in [0.1, 0.15) is 40.5 Å². The molecular weight excluding hydrogens is 164 g/mol. The second-order valence-electron chi connectivity index (χ2n) is 4.72. The molecule has 2 atom stereocenters. The van der Waals surface area contributed by atoms with Crippen LogP contribution in [0.2, 0.25) is 0 Å². The van der Waals surface area contributed by atoms with Crippen molar-refractivity contribution in [1.29, 1.82) is 5.26 Å². The van der Waals surface area contributed by atoms with Crippen LogP contribution in [0.5, 0.6) is 0 Å². The Labute approximate surface area is 79.9 Å². The summed E-state index contributed by atoms with van der Waals surface area (Å²) in [5, 5.41) is 20.3. The quantitative estimate of drug-likeness (QED) is 0.676. The minimum absolute atomic E-state index is 0.0718. The molecule has 1 heterocycles. The SMILES string of the molecule is CCC1(C)C(C#N)CC(C)(C)N1O. The summed E-state index contributed by atoms with van der Waals surface area (Å²) < 4.78 is 0. The van der Waals surface area contributed by atoms with Crippen LogP contribution >= 0.6 is 0 Å². The summed E-state index contributed by atoms with van der Waals surface area (Å²) in [6, 6.07) is 2.29. The molecule has 2 unspecified atom stereocenters. The molecule has 1 rings (SSSR count). The van der Waals surface area contributed by atoms with Crippen molar-refractivity contribution in [3.05, 3.63) is 0 Å². The number of nitrogens with zero attached hydrogens (tertiary/aromatic N) is 2. The zero-order valence-electron chi connectivity index (χ0n) is 8.83. The van der Waals surface area contributed by atoms with Crippen LogP contribution in [-0.2, 0) is 0 Å². The lowest BCUT2D eigenvalue weighted by Gasteiger charge is -2.36. The first-order chi connectivity index (χ1) is 5.88. The molecule has 0 aromatic carbocycles. The maximum atomic E-state index is 9.96. The third-order valence-electron chi connectivity index (χ3n) is 3.38. The zero-order chi connectivity index (χ0) is 10.3. The molecule has 1 aliphatic rings. The van der Waals surface area contributed by atoms with Crippen molar-refractivity contribution in [2.24, 2.45) is 5.92 Å². The molecule has 0 aromatic heterocycles. The minimum atomic E-state index is -0.377. The molecule has 1 fully saturated rings. The first-order valence-corrected chi connectivity index (χ1v) is 4.77. The van der Waals surface area contributed by atoms with E-state index >= 15 is 0 Å². The topological polar surface area (TPSA) is 47.3 Å². The van der Waals surface area contributed by atoms with E-state index in [-0.39, 0.29) is 17.0 Å².